The average Bonchev–Trinajstić information content (AvgIpc) is 3.17. The smallest absolute Gasteiger partial charge is 0.409 e. The van der Waals surface area contributed by atoms with E-state index in [2.05, 4.69) is 35.5 Å². The van der Waals surface area contributed by atoms with Crippen LogP contribution in [0.25, 0.3) is 5.69 Å². The zero-order valence-corrected chi connectivity index (χ0v) is 14.9. The minimum Gasteiger partial charge on any atom is -0.450 e. The number of ether oxygens (including phenoxy) is 1. The van der Waals surface area contributed by atoms with E-state index in [1.807, 2.05) is 29.9 Å². The standard InChI is InChI=1S/C19H26N4O2/c1-3-25-19(24)22-13-9-16(10-14-22)21-15(2)17-7-4-5-8-18(17)23-12-6-11-20-23/h4-8,11-12,15-16,21H,3,9-10,13-14H2,1-2H3. The highest BCUT2D eigenvalue weighted by Gasteiger charge is 2.25. The van der Waals surface area contributed by atoms with Crippen molar-refractivity contribution < 1.29 is 9.53 Å². The molecule has 1 atom stereocenters. The molecule has 0 spiro atoms. The monoisotopic (exact) mass is 342 g/mol. The molecule has 2 aromatic rings. The van der Waals surface area contributed by atoms with Gasteiger partial charge in [0.1, 0.15) is 0 Å². The lowest BCUT2D eigenvalue weighted by Gasteiger charge is -2.33. The molecule has 1 fully saturated rings. The SMILES string of the molecule is CCOC(=O)N1CCC(NC(C)c2ccccc2-n2cccn2)CC1. The van der Waals surface area contributed by atoms with E-state index in [1.54, 1.807) is 11.1 Å². The van der Waals surface area contributed by atoms with Crippen LogP contribution in [0.1, 0.15) is 38.3 Å². The molecule has 25 heavy (non-hydrogen) atoms. The fraction of sp³-hybridized carbons (Fsp3) is 0.474. The number of piperidine rings is 1. The lowest BCUT2D eigenvalue weighted by atomic mass is 10.0. The van der Waals surface area contributed by atoms with E-state index in [0.29, 0.717) is 12.6 Å². The van der Waals surface area contributed by atoms with Gasteiger partial charge in [-0.25, -0.2) is 9.48 Å². The first kappa shape index (κ1) is 17.5. The Balaban J connectivity index is 1.61. The number of nitrogens with zero attached hydrogens (tertiary/aromatic N) is 3. The molecule has 1 aliphatic heterocycles. The fourth-order valence-corrected chi connectivity index (χ4v) is 3.36. The molecule has 1 aromatic carbocycles. The molecule has 0 aliphatic carbocycles. The van der Waals surface area contributed by atoms with Crippen molar-refractivity contribution >= 4 is 6.09 Å². The van der Waals surface area contributed by atoms with Crippen LogP contribution >= 0.6 is 0 Å². The van der Waals surface area contributed by atoms with Gasteiger partial charge in [-0.2, -0.15) is 5.10 Å². The second kappa shape index (κ2) is 8.16. The van der Waals surface area contributed by atoms with Crippen molar-refractivity contribution in [3.63, 3.8) is 0 Å². The van der Waals surface area contributed by atoms with Gasteiger partial charge in [-0.05, 0) is 44.4 Å². The number of hydrogen-bond acceptors (Lipinski definition) is 4. The molecule has 1 saturated heterocycles. The van der Waals surface area contributed by atoms with E-state index >= 15 is 0 Å². The van der Waals surface area contributed by atoms with Crippen LogP contribution in [0.15, 0.2) is 42.7 Å². The molecule has 134 valence electrons. The molecule has 0 saturated carbocycles. The predicted octanol–water partition coefficient (Wildman–Crippen LogP) is 3.14. The predicted molar refractivity (Wildman–Crippen MR) is 96.7 cm³/mol. The second-order valence-electron chi connectivity index (χ2n) is 6.36. The molecule has 1 unspecified atom stereocenters. The minimum atomic E-state index is -0.196. The van der Waals surface area contributed by atoms with Gasteiger partial charge >= 0.3 is 6.09 Å². The topological polar surface area (TPSA) is 59.4 Å². The van der Waals surface area contributed by atoms with E-state index in [1.165, 1.54) is 5.56 Å². The molecular weight excluding hydrogens is 316 g/mol. The third kappa shape index (κ3) is 4.20. The van der Waals surface area contributed by atoms with Gasteiger partial charge in [0.25, 0.3) is 0 Å². The zero-order chi connectivity index (χ0) is 17.6. The Hall–Kier alpha value is -2.34. The van der Waals surface area contributed by atoms with Crippen molar-refractivity contribution in [2.24, 2.45) is 0 Å². The highest BCUT2D eigenvalue weighted by atomic mass is 16.6. The summed E-state index contributed by atoms with van der Waals surface area (Å²) in [7, 11) is 0. The molecule has 6 nitrogen and oxygen atoms in total. The Labute approximate surface area is 148 Å². The van der Waals surface area contributed by atoms with E-state index < -0.39 is 0 Å². The summed E-state index contributed by atoms with van der Waals surface area (Å²) in [4.78, 5) is 13.6. The van der Waals surface area contributed by atoms with Crippen molar-refractivity contribution in [1.29, 1.82) is 0 Å². The quantitative estimate of drug-likeness (QED) is 0.907. The Morgan fingerprint density at radius 2 is 2.08 bits per heavy atom. The van der Waals surface area contributed by atoms with Gasteiger partial charge in [-0.15, -0.1) is 0 Å². The van der Waals surface area contributed by atoms with Crippen LogP contribution in [0.2, 0.25) is 0 Å². The highest BCUT2D eigenvalue weighted by Crippen LogP contribution is 2.23. The van der Waals surface area contributed by atoms with Gasteiger partial charge in [-0.3, -0.25) is 0 Å². The fourth-order valence-electron chi connectivity index (χ4n) is 3.36. The van der Waals surface area contributed by atoms with Crippen LogP contribution in [0.3, 0.4) is 0 Å². The zero-order valence-electron chi connectivity index (χ0n) is 14.9. The Morgan fingerprint density at radius 3 is 2.76 bits per heavy atom. The molecule has 0 radical (unpaired) electrons. The van der Waals surface area contributed by atoms with Gasteiger partial charge in [0.15, 0.2) is 0 Å². The van der Waals surface area contributed by atoms with Crippen molar-refractivity contribution in [3.8, 4) is 5.69 Å². The van der Waals surface area contributed by atoms with Crippen molar-refractivity contribution in [3.05, 3.63) is 48.3 Å². The first-order valence-corrected chi connectivity index (χ1v) is 8.95. The van der Waals surface area contributed by atoms with E-state index in [-0.39, 0.29) is 12.1 Å². The molecule has 1 aliphatic rings. The summed E-state index contributed by atoms with van der Waals surface area (Å²) in [6.45, 7) is 5.93. The molecule has 1 aromatic heterocycles. The number of rotatable bonds is 5. The van der Waals surface area contributed by atoms with Gasteiger partial charge in [0, 0.05) is 37.6 Å². The third-order valence-electron chi connectivity index (χ3n) is 4.66. The first-order valence-electron chi connectivity index (χ1n) is 8.95. The van der Waals surface area contributed by atoms with Crippen molar-refractivity contribution in [1.82, 2.24) is 20.0 Å². The number of para-hydroxylation sites is 1. The summed E-state index contributed by atoms with van der Waals surface area (Å²) in [5.74, 6) is 0. The molecule has 3 rings (SSSR count). The second-order valence-corrected chi connectivity index (χ2v) is 6.36. The Morgan fingerprint density at radius 1 is 1.32 bits per heavy atom. The van der Waals surface area contributed by atoms with E-state index in [9.17, 15) is 4.79 Å². The number of carbonyl (C=O) groups excluding carboxylic acids is 1. The number of amides is 1. The van der Waals surface area contributed by atoms with Crippen LogP contribution < -0.4 is 5.32 Å². The summed E-state index contributed by atoms with van der Waals surface area (Å²) in [5, 5.41) is 8.06. The molecule has 6 heteroatoms. The van der Waals surface area contributed by atoms with E-state index in [4.69, 9.17) is 4.74 Å². The Bertz CT molecular complexity index is 678. The highest BCUT2D eigenvalue weighted by molar-refractivity contribution is 5.67. The molecular formula is C19H26N4O2. The lowest BCUT2D eigenvalue weighted by Crippen LogP contribution is -2.45. The lowest BCUT2D eigenvalue weighted by molar-refractivity contribution is 0.0944. The van der Waals surface area contributed by atoms with Crippen molar-refractivity contribution in [2.45, 2.75) is 38.8 Å². The normalized spacial score (nSPS) is 16.6. The van der Waals surface area contributed by atoms with Gasteiger partial charge in [-0.1, -0.05) is 18.2 Å². The number of hydrogen-bond donors (Lipinski definition) is 1. The third-order valence-corrected chi connectivity index (χ3v) is 4.66. The maximum Gasteiger partial charge on any atom is 0.409 e. The van der Waals surface area contributed by atoms with Crippen LogP contribution in [-0.2, 0) is 4.74 Å². The average molecular weight is 342 g/mol. The number of aromatic nitrogens is 2. The number of benzene rings is 1. The van der Waals surface area contributed by atoms with Crippen LogP contribution in [-0.4, -0.2) is 46.5 Å². The van der Waals surface area contributed by atoms with Crippen LogP contribution in [0, 0.1) is 0 Å². The maximum absolute atomic E-state index is 11.8. The van der Waals surface area contributed by atoms with Crippen LogP contribution in [0.4, 0.5) is 4.79 Å². The summed E-state index contributed by atoms with van der Waals surface area (Å²) >= 11 is 0. The Kier molecular flexibility index (Phi) is 5.71. The number of likely N-dealkylation sites (tertiary alicyclic amines) is 1. The molecule has 0 bridgehead atoms. The van der Waals surface area contributed by atoms with Gasteiger partial charge in [0.2, 0.25) is 0 Å². The maximum atomic E-state index is 11.8. The minimum absolute atomic E-state index is 0.196. The van der Waals surface area contributed by atoms with E-state index in [0.717, 1.165) is 31.6 Å². The summed E-state index contributed by atoms with van der Waals surface area (Å²) in [6.07, 6.45) is 5.43. The van der Waals surface area contributed by atoms with Crippen LogP contribution in [0.5, 0.6) is 0 Å². The largest absolute Gasteiger partial charge is 0.450 e. The molecule has 2 heterocycles. The summed E-state index contributed by atoms with van der Waals surface area (Å²) < 4.78 is 6.98. The van der Waals surface area contributed by atoms with Crippen molar-refractivity contribution in [2.75, 3.05) is 19.7 Å². The molecule has 1 amide bonds. The number of nitrogens with one attached hydrogen (secondary N) is 1. The summed E-state index contributed by atoms with van der Waals surface area (Å²) in [6, 6.07) is 10.9. The number of carbonyl (C=O) groups is 1. The summed E-state index contributed by atoms with van der Waals surface area (Å²) in [5.41, 5.74) is 2.32. The van der Waals surface area contributed by atoms with Gasteiger partial charge in [0.05, 0.1) is 12.3 Å². The van der Waals surface area contributed by atoms with Gasteiger partial charge < -0.3 is 15.0 Å². The molecule has 1 N–H and O–H groups in total. The first-order chi connectivity index (χ1) is 12.2.